The highest BCUT2D eigenvalue weighted by atomic mass is 16.7. The molecule has 6 N–H and O–H groups in total. The van der Waals surface area contributed by atoms with Crippen LogP contribution in [0.4, 0.5) is 0 Å². The van der Waals surface area contributed by atoms with Gasteiger partial charge in [-0.25, -0.2) is 0 Å². The highest BCUT2D eigenvalue weighted by molar-refractivity contribution is 4.88. The molecule has 0 spiro atoms. The van der Waals surface area contributed by atoms with Crippen molar-refractivity contribution in [2.24, 2.45) is 0 Å². The van der Waals surface area contributed by atoms with Crippen LogP contribution in [0, 0.1) is 0 Å². The third-order valence-electron chi connectivity index (χ3n) is 2.51. The smallest absolute Gasteiger partial charge is 0.186 e. The van der Waals surface area contributed by atoms with Gasteiger partial charge in [0.1, 0.15) is 30.5 Å². The molecule has 1 unspecified atom stereocenters. The van der Waals surface area contributed by atoms with Gasteiger partial charge in [-0.3, -0.25) is 0 Å². The number of ether oxygens (including phenoxy) is 2. The van der Waals surface area contributed by atoms with E-state index in [1.54, 1.807) is 0 Å². The second kappa shape index (κ2) is 6.57. The molecule has 0 saturated carbocycles. The SMILES string of the molecule is OCC(O)CO[C@@H]1O[C@@H](CO)[C@@H](O)[C@H](O)[C@@H]1O. The molecule has 0 amide bonds. The largest absolute Gasteiger partial charge is 0.394 e. The molecule has 1 heterocycles. The average molecular weight is 254 g/mol. The zero-order valence-electron chi connectivity index (χ0n) is 9.09. The van der Waals surface area contributed by atoms with Gasteiger partial charge in [0.2, 0.25) is 0 Å². The van der Waals surface area contributed by atoms with Gasteiger partial charge in [0, 0.05) is 0 Å². The first-order valence-electron chi connectivity index (χ1n) is 5.22. The van der Waals surface area contributed by atoms with Crippen molar-refractivity contribution >= 4 is 0 Å². The Balaban J connectivity index is 2.53. The van der Waals surface area contributed by atoms with Gasteiger partial charge in [0.15, 0.2) is 6.29 Å². The molecule has 0 radical (unpaired) electrons. The molecule has 102 valence electrons. The first-order chi connectivity index (χ1) is 8.01. The van der Waals surface area contributed by atoms with Gasteiger partial charge in [0.05, 0.1) is 19.8 Å². The summed E-state index contributed by atoms with van der Waals surface area (Å²) < 4.78 is 9.93. The Bertz CT molecular complexity index is 223. The standard InChI is InChI=1S/C9H18O8/c10-1-4(12)3-16-9-8(15)7(14)6(13)5(2-11)17-9/h4-15H,1-3H2/t4?,5-,6+,7-,8-,9+/m0/s1. The predicted octanol–water partition coefficient (Wildman–Crippen LogP) is -3.84. The summed E-state index contributed by atoms with van der Waals surface area (Å²) in [4.78, 5) is 0. The monoisotopic (exact) mass is 254 g/mol. The molecule has 0 aromatic rings. The number of rotatable bonds is 5. The summed E-state index contributed by atoms with van der Waals surface area (Å²) in [5.41, 5.74) is 0. The molecule has 0 bridgehead atoms. The van der Waals surface area contributed by atoms with E-state index in [9.17, 15) is 15.3 Å². The topological polar surface area (TPSA) is 140 Å². The van der Waals surface area contributed by atoms with Gasteiger partial charge in [-0.15, -0.1) is 0 Å². The lowest BCUT2D eigenvalue weighted by Gasteiger charge is -2.39. The van der Waals surface area contributed by atoms with Crippen molar-refractivity contribution in [3.8, 4) is 0 Å². The van der Waals surface area contributed by atoms with Crippen LogP contribution in [-0.4, -0.2) is 87.3 Å². The summed E-state index contributed by atoms with van der Waals surface area (Å²) in [6.07, 6.45) is -7.94. The molecule has 1 fully saturated rings. The van der Waals surface area contributed by atoms with Crippen LogP contribution in [0.15, 0.2) is 0 Å². The summed E-state index contributed by atoms with van der Waals surface area (Å²) in [5.74, 6) is 0. The van der Waals surface area contributed by atoms with Crippen LogP contribution < -0.4 is 0 Å². The molecule has 0 aromatic carbocycles. The van der Waals surface area contributed by atoms with E-state index in [0.29, 0.717) is 0 Å². The zero-order valence-corrected chi connectivity index (χ0v) is 9.09. The fourth-order valence-electron chi connectivity index (χ4n) is 1.46. The Labute approximate surface area is 97.6 Å². The van der Waals surface area contributed by atoms with Crippen LogP contribution in [0.25, 0.3) is 0 Å². The lowest BCUT2D eigenvalue weighted by molar-refractivity contribution is -0.304. The Morgan fingerprint density at radius 3 is 2.24 bits per heavy atom. The molecular weight excluding hydrogens is 236 g/mol. The normalized spacial score (nSPS) is 40.2. The van der Waals surface area contributed by atoms with Crippen LogP contribution in [0.1, 0.15) is 0 Å². The number of aliphatic hydroxyl groups is 6. The van der Waals surface area contributed by atoms with Gasteiger partial charge in [0.25, 0.3) is 0 Å². The summed E-state index contributed by atoms with van der Waals surface area (Å²) in [7, 11) is 0. The maximum absolute atomic E-state index is 9.52. The third-order valence-corrected chi connectivity index (χ3v) is 2.51. The molecule has 8 nitrogen and oxygen atoms in total. The van der Waals surface area contributed by atoms with Crippen LogP contribution in [0.2, 0.25) is 0 Å². The van der Waals surface area contributed by atoms with E-state index in [0.717, 1.165) is 0 Å². The molecule has 17 heavy (non-hydrogen) atoms. The summed E-state index contributed by atoms with van der Waals surface area (Å²) in [5, 5.41) is 54.9. The number of hydrogen-bond acceptors (Lipinski definition) is 8. The Morgan fingerprint density at radius 1 is 1.06 bits per heavy atom. The Morgan fingerprint density at radius 2 is 1.71 bits per heavy atom. The predicted molar refractivity (Wildman–Crippen MR) is 52.8 cm³/mol. The molecule has 8 heteroatoms. The van der Waals surface area contributed by atoms with Crippen molar-refractivity contribution in [1.82, 2.24) is 0 Å². The summed E-state index contributed by atoms with van der Waals surface area (Å²) in [6, 6.07) is 0. The van der Waals surface area contributed by atoms with Gasteiger partial charge < -0.3 is 40.1 Å². The van der Waals surface area contributed by atoms with Crippen molar-refractivity contribution in [1.29, 1.82) is 0 Å². The Kier molecular flexibility index (Phi) is 5.70. The Hall–Kier alpha value is -0.320. The van der Waals surface area contributed by atoms with Crippen molar-refractivity contribution in [3.05, 3.63) is 0 Å². The van der Waals surface area contributed by atoms with Crippen molar-refractivity contribution in [2.75, 3.05) is 19.8 Å². The molecule has 6 atom stereocenters. The molecule has 1 saturated heterocycles. The summed E-state index contributed by atoms with van der Waals surface area (Å²) >= 11 is 0. The van der Waals surface area contributed by atoms with Crippen LogP contribution in [0.5, 0.6) is 0 Å². The fourth-order valence-corrected chi connectivity index (χ4v) is 1.46. The van der Waals surface area contributed by atoms with E-state index in [1.165, 1.54) is 0 Å². The van der Waals surface area contributed by atoms with Crippen LogP contribution >= 0.6 is 0 Å². The second-order valence-electron chi connectivity index (χ2n) is 3.87. The van der Waals surface area contributed by atoms with Gasteiger partial charge in [-0.1, -0.05) is 0 Å². The minimum atomic E-state index is -1.52. The first kappa shape index (κ1) is 14.7. The molecule has 0 aromatic heterocycles. The molecule has 1 aliphatic heterocycles. The van der Waals surface area contributed by atoms with Crippen molar-refractivity contribution < 1.29 is 40.1 Å². The minimum Gasteiger partial charge on any atom is -0.394 e. The zero-order chi connectivity index (χ0) is 13.0. The number of hydrogen-bond donors (Lipinski definition) is 6. The lowest BCUT2D eigenvalue weighted by atomic mass is 9.99. The highest BCUT2D eigenvalue weighted by Gasteiger charge is 2.44. The van der Waals surface area contributed by atoms with Gasteiger partial charge in [-0.05, 0) is 0 Å². The van der Waals surface area contributed by atoms with E-state index in [2.05, 4.69) is 0 Å². The molecule has 1 aliphatic rings. The fraction of sp³-hybridized carbons (Fsp3) is 1.00. The van der Waals surface area contributed by atoms with E-state index >= 15 is 0 Å². The second-order valence-corrected chi connectivity index (χ2v) is 3.87. The third kappa shape index (κ3) is 3.57. The summed E-state index contributed by atoms with van der Waals surface area (Å²) in [6.45, 7) is -1.37. The molecule has 1 rings (SSSR count). The molecule has 0 aliphatic carbocycles. The molecular formula is C9H18O8. The van der Waals surface area contributed by atoms with Gasteiger partial charge in [-0.2, -0.15) is 0 Å². The first-order valence-corrected chi connectivity index (χ1v) is 5.22. The van der Waals surface area contributed by atoms with Crippen molar-refractivity contribution in [2.45, 2.75) is 36.8 Å². The lowest BCUT2D eigenvalue weighted by Crippen LogP contribution is -2.59. The van der Waals surface area contributed by atoms with E-state index in [1.807, 2.05) is 0 Å². The van der Waals surface area contributed by atoms with E-state index in [-0.39, 0.29) is 6.61 Å². The van der Waals surface area contributed by atoms with E-state index in [4.69, 9.17) is 24.8 Å². The average Bonchev–Trinajstić information content (AvgIpc) is 2.34. The van der Waals surface area contributed by atoms with Crippen molar-refractivity contribution in [3.63, 3.8) is 0 Å². The van der Waals surface area contributed by atoms with Crippen LogP contribution in [-0.2, 0) is 9.47 Å². The highest BCUT2D eigenvalue weighted by Crippen LogP contribution is 2.21. The van der Waals surface area contributed by atoms with E-state index < -0.39 is 50.0 Å². The maximum atomic E-state index is 9.52. The van der Waals surface area contributed by atoms with Crippen LogP contribution in [0.3, 0.4) is 0 Å². The maximum Gasteiger partial charge on any atom is 0.186 e. The van der Waals surface area contributed by atoms with Gasteiger partial charge >= 0.3 is 0 Å². The minimum absolute atomic E-state index is 0.306. The quantitative estimate of drug-likeness (QED) is 0.293. The number of aliphatic hydroxyl groups excluding tert-OH is 6.